The molecular weight excluding hydrogens is 202 g/mol. The Morgan fingerprint density at radius 2 is 2.12 bits per heavy atom. The second kappa shape index (κ2) is 6.16. The molecule has 0 aliphatic heterocycles. The number of anilines is 1. The molecule has 1 aromatic rings. The summed E-state index contributed by atoms with van der Waals surface area (Å²) in [5.41, 5.74) is 2.31. The fourth-order valence-electron chi connectivity index (χ4n) is 1.73. The van der Waals surface area contributed by atoms with Crippen LogP contribution in [-0.2, 0) is 11.2 Å². The van der Waals surface area contributed by atoms with Crippen molar-refractivity contribution in [3.05, 3.63) is 29.8 Å². The van der Waals surface area contributed by atoms with Crippen LogP contribution >= 0.6 is 0 Å². The molecule has 0 aliphatic carbocycles. The summed E-state index contributed by atoms with van der Waals surface area (Å²) in [7, 11) is 0. The minimum atomic E-state index is -0.770. The van der Waals surface area contributed by atoms with Crippen molar-refractivity contribution in [2.75, 3.05) is 5.32 Å². The van der Waals surface area contributed by atoms with Gasteiger partial charge in [0.2, 0.25) is 0 Å². The lowest BCUT2D eigenvalue weighted by Gasteiger charge is -2.16. The predicted octanol–water partition coefficient (Wildman–Crippen LogP) is 2.91. The van der Waals surface area contributed by atoms with Gasteiger partial charge in [-0.1, -0.05) is 31.5 Å². The molecule has 3 heteroatoms. The third kappa shape index (κ3) is 3.93. The zero-order valence-corrected chi connectivity index (χ0v) is 9.86. The maximum atomic E-state index is 10.6. The molecule has 0 saturated carbocycles. The van der Waals surface area contributed by atoms with Crippen molar-refractivity contribution in [3.63, 3.8) is 0 Å². The first-order chi connectivity index (χ1) is 7.63. The number of para-hydroxylation sites is 1. The Morgan fingerprint density at radius 3 is 2.75 bits per heavy atom. The summed E-state index contributed by atoms with van der Waals surface area (Å²) in [6.07, 6.45) is 2.25. The molecule has 0 amide bonds. The van der Waals surface area contributed by atoms with Gasteiger partial charge in [0.25, 0.3) is 0 Å². The fourth-order valence-corrected chi connectivity index (χ4v) is 1.73. The summed E-state index contributed by atoms with van der Waals surface area (Å²) in [5, 5.41) is 11.9. The van der Waals surface area contributed by atoms with Gasteiger partial charge in [0, 0.05) is 11.7 Å². The molecule has 1 unspecified atom stereocenters. The number of carbonyl (C=O) groups is 1. The van der Waals surface area contributed by atoms with Crippen LogP contribution in [0.1, 0.15) is 32.3 Å². The molecule has 0 fully saturated rings. The van der Waals surface area contributed by atoms with E-state index in [2.05, 4.69) is 18.3 Å². The molecule has 1 rings (SSSR count). The molecule has 0 bridgehead atoms. The standard InChI is InChI=1S/C13H19NO2/c1-3-6-11-7-4-5-8-12(11)14-10(2)9-13(15)16/h4-5,7-8,10,14H,3,6,9H2,1-2H3,(H,15,16). The monoisotopic (exact) mass is 221 g/mol. The van der Waals surface area contributed by atoms with E-state index in [1.165, 1.54) is 5.56 Å². The Kier molecular flexibility index (Phi) is 4.83. The lowest BCUT2D eigenvalue weighted by atomic mass is 10.1. The number of aliphatic carboxylic acids is 1. The molecule has 0 heterocycles. The van der Waals surface area contributed by atoms with Gasteiger partial charge < -0.3 is 10.4 Å². The summed E-state index contributed by atoms with van der Waals surface area (Å²) < 4.78 is 0. The third-order valence-corrected chi connectivity index (χ3v) is 2.42. The summed E-state index contributed by atoms with van der Waals surface area (Å²) in [4.78, 5) is 10.6. The molecule has 0 spiro atoms. The highest BCUT2D eigenvalue weighted by Gasteiger charge is 2.08. The van der Waals surface area contributed by atoms with E-state index in [0.29, 0.717) is 0 Å². The Balaban J connectivity index is 2.68. The topological polar surface area (TPSA) is 49.3 Å². The van der Waals surface area contributed by atoms with Gasteiger partial charge in [-0.15, -0.1) is 0 Å². The molecule has 1 aromatic carbocycles. The quantitative estimate of drug-likeness (QED) is 0.776. The van der Waals surface area contributed by atoms with Crippen molar-refractivity contribution in [1.82, 2.24) is 0 Å². The molecule has 1 atom stereocenters. The smallest absolute Gasteiger partial charge is 0.305 e. The molecule has 88 valence electrons. The zero-order valence-electron chi connectivity index (χ0n) is 9.86. The average molecular weight is 221 g/mol. The normalized spacial score (nSPS) is 12.1. The molecule has 2 N–H and O–H groups in total. The molecule has 0 aromatic heterocycles. The number of rotatable bonds is 6. The molecule has 0 radical (unpaired) electrons. The maximum absolute atomic E-state index is 10.6. The summed E-state index contributed by atoms with van der Waals surface area (Å²) in [5.74, 6) is -0.770. The van der Waals surface area contributed by atoms with E-state index < -0.39 is 5.97 Å². The highest BCUT2D eigenvalue weighted by atomic mass is 16.4. The van der Waals surface area contributed by atoms with Gasteiger partial charge >= 0.3 is 5.97 Å². The van der Waals surface area contributed by atoms with Gasteiger partial charge in [0.05, 0.1) is 6.42 Å². The summed E-state index contributed by atoms with van der Waals surface area (Å²) in [6.45, 7) is 4.02. The van der Waals surface area contributed by atoms with E-state index in [0.717, 1.165) is 18.5 Å². The molecule has 3 nitrogen and oxygen atoms in total. The van der Waals surface area contributed by atoms with E-state index in [-0.39, 0.29) is 12.5 Å². The second-order valence-corrected chi connectivity index (χ2v) is 4.05. The van der Waals surface area contributed by atoms with Gasteiger partial charge in [0.1, 0.15) is 0 Å². The summed E-state index contributed by atoms with van der Waals surface area (Å²) in [6, 6.07) is 8.02. The van der Waals surface area contributed by atoms with E-state index >= 15 is 0 Å². The predicted molar refractivity (Wildman–Crippen MR) is 65.8 cm³/mol. The van der Waals surface area contributed by atoms with Gasteiger partial charge in [-0.05, 0) is 25.0 Å². The molecule has 0 aliphatic rings. The zero-order chi connectivity index (χ0) is 12.0. The van der Waals surface area contributed by atoms with Crippen molar-refractivity contribution in [2.45, 2.75) is 39.2 Å². The first-order valence-corrected chi connectivity index (χ1v) is 5.69. The van der Waals surface area contributed by atoms with Gasteiger partial charge in [-0.2, -0.15) is 0 Å². The summed E-state index contributed by atoms with van der Waals surface area (Å²) >= 11 is 0. The Labute approximate surface area is 96.5 Å². The highest BCUT2D eigenvalue weighted by molar-refractivity contribution is 5.68. The van der Waals surface area contributed by atoms with E-state index in [1.54, 1.807) is 0 Å². The first kappa shape index (κ1) is 12.6. The van der Waals surface area contributed by atoms with Crippen LogP contribution in [0, 0.1) is 0 Å². The number of nitrogens with one attached hydrogen (secondary N) is 1. The Hall–Kier alpha value is -1.51. The SMILES string of the molecule is CCCc1ccccc1NC(C)CC(=O)O. The van der Waals surface area contributed by atoms with Gasteiger partial charge in [0.15, 0.2) is 0 Å². The van der Waals surface area contributed by atoms with Crippen LogP contribution < -0.4 is 5.32 Å². The Bertz CT molecular complexity index is 350. The second-order valence-electron chi connectivity index (χ2n) is 4.05. The van der Waals surface area contributed by atoms with Crippen LogP contribution in [0.2, 0.25) is 0 Å². The third-order valence-electron chi connectivity index (χ3n) is 2.42. The van der Waals surface area contributed by atoms with Crippen molar-refractivity contribution < 1.29 is 9.90 Å². The van der Waals surface area contributed by atoms with Crippen molar-refractivity contribution in [1.29, 1.82) is 0 Å². The first-order valence-electron chi connectivity index (χ1n) is 5.69. The number of carboxylic acids is 1. The lowest BCUT2D eigenvalue weighted by molar-refractivity contribution is -0.137. The fraction of sp³-hybridized carbons (Fsp3) is 0.462. The van der Waals surface area contributed by atoms with Crippen LogP contribution in [0.15, 0.2) is 24.3 Å². The maximum Gasteiger partial charge on any atom is 0.305 e. The van der Waals surface area contributed by atoms with Gasteiger partial charge in [-0.25, -0.2) is 0 Å². The number of benzene rings is 1. The number of hydrogen-bond acceptors (Lipinski definition) is 2. The van der Waals surface area contributed by atoms with Crippen molar-refractivity contribution in [3.8, 4) is 0 Å². The van der Waals surface area contributed by atoms with Gasteiger partial charge in [-0.3, -0.25) is 4.79 Å². The highest BCUT2D eigenvalue weighted by Crippen LogP contribution is 2.18. The largest absolute Gasteiger partial charge is 0.481 e. The molecule has 16 heavy (non-hydrogen) atoms. The van der Waals surface area contributed by atoms with Crippen LogP contribution in [0.4, 0.5) is 5.69 Å². The van der Waals surface area contributed by atoms with Crippen LogP contribution in [0.5, 0.6) is 0 Å². The van der Waals surface area contributed by atoms with Crippen molar-refractivity contribution >= 4 is 11.7 Å². The molecule has 0 saturated heterocycles. The van der Waals surface area contributed by atoms with Crippen molar-refractivity contribution in [2.24, 2.45) is 0 Å². The Morgan fingerprint density at radius 1 is 1.44 bits per heavy atom. The van der Waals surface area contributed by atoms with E-state index in [4.69, 9.17) is 5.11 Å². The van der Waals surface area contributed by atoms with Crippen LogP contribution in [-0.4, -0.2) is 17.1 Å². The number of aryl methyl sites for hydroxylation is 1. The van der Waals surface area contributed by atoms with Crippen LogP contribution in [0.3, 0.4) is 0 Å². The minimum absolute atomic E-state index is 0.0458. The number of carboxylic acid groups (broad SMARTS) is 1. The van der Waals surface area contributed by atoms with E-state index in [9.17, 15) is 4.79 Å². The van der Waals surface area contributed by atoms with Crippen LogP contribution in [0.25, 0.3) is 0 Å². The lowest BCUT2D eigenvalue weighted by Crippen LogP contribution is -2.20. The van der Waals surface area contributed by atoms with E-state index in [1.807, 2.05) is 25.1 Å². The average Bonchev–Trinajstić information content (AvgIpc) is 2.20. The molecular formula is C13H19NO2. The minimum Gasteiger partial charge on any atom is -0.481 e. The number of hydrogen-bond donors (Lipinski definition) is 2.